The number of para-hydroxylation sites is 2. The summed E-state index contributed by atoms with van der Waals surface area (Å²) in [6.07, 6.45) is 8.24. The molecule has 2 aliphatic rings. The number of hydrogen-bond acceptors (Lipinski definition) is 4. The maximum absolute atomic E-state index is 13.5. The molecule has 1 aliphatic heterocycles. The lowest BCUT2D eigenvalue weighted by atomic mass is 10.1. The molecule has 5 rings (SSSR count). The first kappa shape index (κ1) is 23.8. The Labute approximate surface area is 221 Å². The van der Waals surface area contributed by atoms with Crippen LogP contribution in [0.15, 0.2) is 111 Å². The van der Waals surface area contributed by atoms with Crippen LogP contribution in [0.3, 0.4) is 0 Å². The first-order valence-corrected chi connectivity index (χ1v) is 13.7. The summed E-state index contributed by atoms with van der Waals surface area (Å²) in [6.45, 7) is 0. The third kappa shape index (κ3) is 5.50. The van der Waals surface area contributed by atoms with Gasteiger partial charge >= 0.3 is 6.03 Å². The number of nitrogens with zero attached hydrogens (tertiary/aromatic N) is 1. The molecule has 3 amide bonds. The van der Waals surface area contributed by atoms with Crippen LogP contribution in [-0.2, 0) is 4.79 Å². The average molecular weight is 565 g/mol. The van der Waals surface area contributed by atoms with E-state index >= 15 is 0 Å². The second-order valence-electron chi connectivity index (χ2n) is 7.96. The van der Waals surface area contributed by atoms with Gasteiger partial charge in [-0.2, -0.15) is 0 Å². The molecule has 2 unspecified atom stereocenters. The zero-order chi connectivity index (χ0) is 24.2. The molecule has 0 aromatic heterocycles. The predicted octanol–water partition coefficient (Wildman–Crippen LogP) is 7.19. The van der Waals surface area contributed by atoms with E-state index in [4.69, 9.17) is 0 Å². The van der Waals surface area contributed by atoms with Crippen molar-refractivity contribution in [3.63, 3.8) is 0 Å². The first-order valence-electron chi connectivity index (χ1n) is 11.1. The Morgan fingerprint density at radius 2 is 1.74 bits per heavy atom. The van der Waals surface area contributed by atoms with Gasteiger partial charge < -0.3 is 10.6 Å². The Morgan fingerprint density at radius 3 is 2.63 bits per heavy atom. The third-order valence-corrected chi connectivity index (χ3v) is 8.56. The molecule has 2 atom stereocenters. The van der Waals surface area contributed by atoms with Crippen LogP contribution in [0.2, 0.25) is 0 Å². The molecule has 2 N–H and O–H groups in total. The summed E-state index contributed by atoms with van der Waals surface area (Å²) in [4.78, 5) is 29.7. The molecular weight excluding hydrogens is 542 g/mol. The highest BCUT2D eigenvalue weighted by Crippen LogP contribution is 2.43. The van der Waals surface area contributed by atoms with Crippen molar-refractivity contribution in [1.82, 2.24) is 0 Å². The summed E-state index contributed by atoms with van der Waals surface area (Å²) in [7, 11) is 0. The first-order chi connectivity index (χ1) is 17.1. The number of thioether (sulfide) groups is 2. The molecule has 0 saturated heterocycles. The van der Waals surface area contributed by atoms with E-state index in [1.165, 1.54) is 11.8 Å². The molecule has 35 heavy (non-hydrogen) atoms. The SMILES string of the molecule is O=C(CSc1cccc(NC(=O)N2c3ccccc3SC3C=CC=CC32)c1)Nc1ccccc1Br. The molecular formula is C27H22BrN3O2S2. The van der Waals surface area contributed by atoms with Crippen LogP contribution in [0.5, 0.6) is 0 Å². The third-order valence-electron chi connectivity index (χ3n) is 5.56. The van der Waals surface area contributed by atoms with Crippen molar-refractivity contribution in [2.24, 2.45) is 0 Å². The lowest BCUT2D eigenvalue weighted by Gasteiger charge is -2.40. The molecule has 0 radical (unpaired) electrons. The van der Waals surface area contributed by atoms with Crippen LogP contribution in [0.1, 0.15) is 0 Å². The largest absolute Gasteiger partial charge is 0.326 e. The summed E-state index contributed by atoms with van der Waals surface area (Å²) in [6, 6.07) is 22.8. The second-order valence-corrected chi connectivity index (χ2v) is 11.1. The lowest BCUT2D eigenvalue weighted by molar-refractivity contribution is -0.113. The Balaban J connectivity index is 1.26. The molecule has 0 fully saturated rings. The molecule has 0 saturated carbocycles. The Hall–Kier alpha value is -2.94. The van der Waals surface area contributed by atoms with Gasteiger partial charge in [-0.3, -0.25) is 9.69 Å². The van der Waals surface area contributed by atoms with Gasteiger partial charge in [0.25, 0.3) is 0 Å². The summed E-state index contributed by atoms with van der Waals surface area (Å²) in [5.41, 5.74) is 2.34. The van der Waals surface area contributed by atoms with Crippen LogP contribution in [0, 0.1) is 0 Å². The van der Waals surface area contributed by atoms with E-state index in [1.807, 2.05) is 83.8 Å². The van der Waals surface area contributed by atoms with Crippen LogP contribution in [0.25, 0.3) is 0 Å². The molecule has 1 heterocycles. The topological polar surface area (TPSA) is 61.4 Å². The smallest absolute Gasteiger partial charge is 0.324 e. The van der Waals surface area contributed by atoms with E-state index in [0.717, 1.165) is 25.6 Å². The molecule has 8 heteroatoms. The number of urea groups is 1. The Bertz CT molecular complexity index is 1330. The van der Waals surface area contributed by atoms with E-state index in [-0.39, 0.29) is 29.0 Å². The monoisotopic (exact) mass is 563 g/mol. The van der Waals surface area contributed by atoms with Gasteiger partial charge in [-0.15, -0.1) is 23.5 Å². The fraction of sp³-hybridized carbons (Fsp3) is 0.111. The molecule has 176 valence electrons. The van der Waals surface area contributed by atoms with E-state index in [0.29, 0.717) is 5.69 Å². The summed E-state index contributed by atoms with van der Waals surface area (Å²) in [5, 5.41) is 6.14. The normalized spacial score (nSPS) is 17.9. The fourth-order valence-corrected chi connectivity index (χ4v) is 6.37. The molecule has 1 aliphatic carbocycles. The number of nitrogens with one attached hydrogen (secondary N) is 2. The van der Waals surface area contributed by atoms with Gasteiger partial charge in [0.2, 0.25) is 5.91 Å². The van der Waals surface area contributed by atoms with Gasteiger partial charge in [0.1, 0.15) is 0 Å². The summed E-state index contributed by atoms with van der Waals surface area (Å²) < 4.78 is 0.839. The molecule has 0 bridgehead atoms. The zero-order valence-electron chi connectivity index (χ0n) is 18.6. The summed E-state index contributed by atoms with van der Waals surface area (Å²) in [5.74, 6) is 0.165. The van der Waals surface area contributed by atoms with Gasteiger partial charge in [0.15, 0.2) is 0 Å². The number of allylic oxidation sites excluding steroid dienone is 2. The quantitative estimate of drug-likeness (QED) is 0.322. The van der Waals surface area contributed by atoms with Crippen molar-refractivity contribution in [3.05, 3.63) is 102 Å². The number of halogens is 1. The van der Waals surface area contributed by atoms with Crippen molar-refractivity contribution in [3.8, 4) is 0 Å². The van der Waals surface area contributed by atoms with Gasteiger partial charge in [0, 0.05) is 20.0 Å². The van der Waals surface area contributed by atoms with Gasteiger partial charge in [-0.05, 0) is 58.4 Å². The number of anilines is 3. The van der Waals surface area contributed by atoms with Crippen LogP contribution in [-0.4, -0.2) is 29.0 Å². The molecule has 0 spiro atoms. The van der Waals surface area contributed by atoms with Gasteiger partial charge in [-0.25, -0.2) is 4.79 Å². The number of carbonyl (C=O) groups is 2. The highest BCUT2D eigenvalue weighted by molar-refractivity contribution is 9.10. The minimum absolute atomic E-state index is 0.0570. The highest BCUT2D eigenvalue weighted by atomic mass is 79.9. The van der Waals surface area contributed by atoms with E-state index in [2.05, 4.69) is 44.8 Å². The van der Waals surface area contributed by atoms with Gasteiger partial charge in [0.05, 0.1) is 28.4 Å². The maximum atomic E-state index is 13.5. The molecule has 3 aromatic carbocycles. The van der Waals surface area contributed by atoms with Crippen LogP contribution >= 0.6 is 39.5 Å². The summed E-state index contributed by atoms with van der Waals surface area (Å²) >= 11 is 6.64. The fourth-order valence-electron chi connectivity index (χ4n) is 3.97. The van der Waals surface area contributed by atoms with Crippen LogP contribution in [0.4, 0.5) is 21.9 Å². The predicted molar refractivity (Wildman–Crippen MR) is 150 cm³/mol. The number of hydrogen-bond donors (Lipinski definition) is 2. The van der Waals surface area contributed by atoms with Crippen molar-refractivity contribution in [2.45, 2.75) is 21.1 Å². The average Bonchev–Trinajstić information content (AvgIpc) is 2.87. The zero-order valence-corrected chi connectivity index (χ0v) is 21.8. The Morgan fingerprint density at radius 1 is 0.943 bits per heavy atom. The van der Waals surface area contributed by atoms with Crippen molar-refractivity contribution >= 4 is 68.5 Å². The minimum Gasteiger partial charge on any atom is -0.324 e. The second kappa shape index (κ2) is 10.8. The van der Waals surface area contributed by atoms with Crippen molar-refractivity contribution < 1.29 is 9.59 Å². The standard InChI is InChI=1S/C27H22BrN3O2S2/c28-20-10-1-2-11-21(20)30-26(32)17-34-19-9-7-8-18(16-19)29-27(33)31-22-12-3-5-14-24(22)35-25-15-6-4-13-23(25)31/h1-16,22,24H,17H2,(H,29,33)(H,30,32). The van der Waals surface area contributed by atoms with Crippen molar-refractivity contribution in [2.75, 3.05) is 21.3 Å². The minimum atomic E-state index is -0.179. The highest BCUT2D eigenvalue weighted by Gasteiger charge is 2.36. The lowest BCUT2D eigenvalue weighted by Crippen LogP contribution is -2.49. The molecule has 3 aromatic rings. The number of amides is 3. The number of carbonyl (C=O) groups excluding carboxylic acids is 2. The molecule has 5 nitrogen and oxygen atoms in total. The maximum Gasteiger partial charge on any atom is 0.326 e. The van der Waals surface area contributed by atoms with E-state index in [9.17, 15) is 9.59 Å². The van der Waals surface area contributed by atoms with Crippen LogP contribution < -0.4 is 15.5 Å². The van der Waals surface area contributed by atoms with E-state index in [1.54, 1.807) is 11.8 Å². The number of rotatable bonds is 5. The van der Waals surface area contributed by atoms with Crippen molar-refractivity contribution in [1.29, 1.82) is 0 Å². The number of fused-ring (bicyclic) bond motifs is 2. The Kier molecular flexibility index (Phi) is 7.32. The van der Waals surface area contributed by atoms with E-state index < -0.39 is 0 Å². The number of benzene rings is 3. The van der Waals surface area contributed by atoms with Gasteiger partial charge in [-0.1, -0.05) is 54.6 Å².